The van der Waals surface area contributed by atoms with Gasteiger partial charge in [0.25, 0.3) is 0 Å². The van der Waals surface area contributed by atoms with Crippen LogP contribution in [0.3, 0.4) is 0 Å². The summed E-state index contributed by atoms with van der Waals surface area (Å²) in [6, 6.07) is 3.79. The summed E-state index contributed by atoms with van der Waals surface area (Å²) in [7, 11) is -3.21. The van der Waals surface area contributed by atoms with Gasteiger partial charge in [-0.1, -0.05) is 15.9 Å². The minimum Gasteiger partial charge on any atom is -0.492 e. The molecule has 0 saturated carbocycles. The molecular formula is C12H17BrN2O3S. The molecule has 1 aromatic carbocycles. The highest BCUT2D eigenvalue weighted by atomic mass is 79.9. The second-order valence-corrected chi connectivity index (χ2v) is 7.51. The van der Waals surface area contributed by atoms with Crippen LogP contribution in [-0.2, 0) is 23.1 Å². The maximum atomic E-state index is 12.0. The highest BCUT2D eigenvalue weighted by Gasteiger charge is 2.25. The number of fused-ring (bicyclic) bond motifs is 1. The zero-order valence-electron chi connectivity index (χ0n) is 10.7. The fraction of sp³-hybridized carbons (Fsp3) is 0.500. The molecule has 0 fully saturated rings. The van der Waals surface area contributed by atoms with Crippen molar-refractivity contribution in [1.29, 1.82) is 0 Å². The molecule has 0 spiro atoms. The van der Waals surface area contributed by atoms with Crippen LogP contribution in [0.5, 0.6) is 5.75 Å². The Labute approximate surface area is 121 Å². The number of rotatable bonds is 3. The standard InChI is InChI=1S/C12H17BrN2O3S/c1-2-19(16,17)15-3-4-18-12-9(7-14)5-11(13)6-10(12)8-15/h5-6H,2-4,7-8,14H2,1H3. The third-order valence-electron chi connectivity index (χ3n) is 3.12. The van der Waals surface area contributed by atoms with E-state index >= 15 is 0 Å². The third kappa shape index (κ3) is 3.10. The summed E-state index contributed by atoms with van der Waals surface area (Å²) in [5.41, 5.74) is 7.45. The summed E-state index contributed by atoms with van der Waals surface area (Å²) in [6.45, 7) is 3.06. The molecule has 0 unspecified atom stereocenters. The number of nitrogens with zero attached hydrogens (tertiary/aromatic N) is 1. The van der Waals surface area contributed by atoms with Gasteiger partial charge in [-0.05, 0) is 19.1 Å². The van der Waals surface area contributed by atoms with Gasteiger partial charge >= 0.3 is 0 Å². The lowest BCUT2D eigenvalue weighted by atomic mass is 10.1. The van der Waals surface area contributed by atoms with Crippen molar-refractivity contribution in [3.63, 3.8) is 0 Å². The maximum Gasteiger partial charge on any atom is 0.214 e. The number of hydrogen-bond acceptors (Lipinski definition) is 4. The molecule has 7 heteroatoms. The summed E-state index contributed by atoms with van der Waals surface area (Å²) < 4.78 is 32.0. The van der Waals surface area contributed by atoms with E-state index in [1.807, 2.05) is 12.1 Å². The van der Waals surface area contributed by atoms with Gasteiger partial charge in [0.1, 0.15) is 12.4 Å². The van der Waals surface area contributed by atoms with Gasteiger partial charge in [-0.25, -0.2) is 8.42 Å². The second-order valence-electron chi connectivity index (χ2n) is 4.34. The number of ether oxygens (including phenoxy) is 1. The quantitative estimate of drug-likeness (QED) is 0.897. The summed E-state index contributed by atoms with van der Waals surface area (Å²) >= 11 is 3.42. The summed E-state index contributed by atoms with van der Waals surface area (Å²) in [4.78, 5) is 0. The molecule has 2 N–H and O–H groups in total. The Kier molecular flexibility index (Phi) is 4.50. The van der Waals surface area contributed by atoms with Crippen LogP contribution in [0, 0.1) is 0 Å². The third-order valence-corrected chi connectivity index (χ3v) is 5.41. The highest BCUT2D eigenvalue weighted by Crippen LogP contribution is 2.31. The predicted octanol–water partition coefficient (Wildman–Crippen LogP) is 1.45. The van der Waals surface area contributed by atoms with Crippen LogP contribution in [0.1, 0.15) is 18.1 Å². The average molecular weight is 349 g/mol. The molecular weight excluding hydrogens is 332 g/mol. The van der Waals surface area contributed by atoms with E-state index in [4.69, 9.17) is 10.5 Å². The molecule has 106 valence electrons. The minimum absolute atomic E-state index is 0.0973. The van der Waals surface area contributed by atoms with Crippen LogP contribution in [0.15, 0.2) is 16.6 Å². The van der Waals surface area contributed by atoms with Gasteiger partial charge < -0.3 is 10.5 Å². The van der Waals surface area contributed by atoms with Crippen LogP contribution in [0.4, 0.5) is 0 Å². The van der Waals surface area contributed by atoms with Gasteiger partial charge in [0.05, 0.1) is 5.75 Å². The highest BCUT2D eigenvalue weighted by molar-refractivity contribution is 9.10. The van der Waals surface area contributed by atoms with E-state index in [1.165, 1.54) is 4.31 Å². The van der Waals surface area contributed by atoms with E-state index in [1.54, 1.807) is 6.92 Å². The molecule has 2 rings (SSSR count). The van der Waals surface area contributed by atoms with Crippen LogP contribution >= 0.6 is 15.9 Å². The zero-order chi connectivity index (χ0) is 14.0. The van der Waals surface area contributed by atoms with Crippen LogP contribution in [-0.4, -0.2) is 31.6 Å². The molecule has 0 atom stereocenters. The molecule has 1 aromatic rings. The monoisotopic (exact) mass is 348 g/mol. The first-order valence-corrected chi connectivity index (χ1v) is 8.50. The van der Waals surface area contributed by atoms with Crippen LogP contribution in [0.2, 0.25) is 0 Å². The van der Waals surface area contributed by atoms with E-state index in [2.05, 4.69) is 15.9 Å². The molecule has 0 radical (unpaired) electrons. The number of sulfonamides is 1. The Bertz CT molecular complexity index is 575. The normalized spacial score (nSPS) is 16.6. The lowest BCUT2D eigenvalue weighted by molar-refractivity contribution is 0.291. The Morgan fingerprint density at radius 1 is 1.47 bits per heavy atom. The SMILES string of the molecule is CCS(=O)(=O)N1CCOc2c(CN)cc(Br)cc2C1. The van der Waals surface area contributed by atoms with Crippen molar-refractivity contribution in [1.82, 2.24) is 4.31 Å². The maximum absolute atomic E-state index is 12.0. The Morgan fingerprint density at radius 2 is 2.21 bits per heavy atom. The molecule has 5 nitrogen and oxygen atoms in total. The molecule has 0 saturated heterocycles. The van der Waals surface area contributed by atoms with Crippen molar-refractivity contribution < 1.29 is 13.2 Å². The van der Waals surface area contributed by atoms with Gasteiger partial charge in [0.2, 0.25) is 10.0 Å². The van der Waals surface area contributed by atoms with Gasteiger partial charge in [-0.3, -0.25) is 0 Å². The molecule has 19 heavy (non-hydrogen) atoms. The van der Waals surface area contributed by atoms with Crippen molar-refractivity contribution in [2.45, 2.75) is 20.0 Å². The van der Waals surface area contributed by atoms with Gasteiger partial charge in [-0.2, -0.15) is 4.31 Å². The van der Waals surface area contributed by atoms with E-state index in [0.717, 1.165) is 21.3 Å². The van der Waals surface area contributed by atoms with Crippen molar-refractivity contribution in [2.75, 3.05) is 18.9 Å². The minimum atomic E-state index is -3.21. The first kappa shape index (κ1) is 14.8. The van der Waals surface area contributed by atoms with Gasteiger partial charge in [-0.15, -0.1) is 0 Å². The molecule has 1 aliphatic heterocycles. The van der Waals surface area contributed by atoms with Crippen LogP contribution < -0.4 is 10.5 Å². The Morgan fingerprint density at radius 3 is 2.84 bits per heavy atom. The largest absolute Gasteiger partial charge is 0.492 e. The summed E-state index contributed by atoms with van der Waals surface area (Å²) in [5.74, 6) is 0.819. The first-order chi connectivity index (χ1) is 8.97. The molecule has 1 heterocycles. The van der Waals surface area contributed by atoms with Gasteiger partial charge in [0, 0.05) is 35.2 Å². The van der Waals surface area contributed by atoms with E-state index < -0.39 is 10.0 Å². The van der Waals surface area contributed by atoms with Crippen molar-refractivity contribution in [3.05, 3.63) is 27.7 Å². The fourth-order valence-corrected chi connectivity index (χ4v) is 3.71. The number of hydrogen-bond donors (Lipinski definition) is 1. The van der Waals surface area contributed by atoms with Crippen molar-refractivity contribution in [3.8, 4) is 5.75 Å². The van der Waals surface area contributed by atoms with E-state index in [9.17, 15) is 8.42 Å². The Hall–Kier alpha value is -0.630. The topological polar surface area (TPSA) is 72.6 Å². The number of nitrogens with two attached hydrogens (primary N) is 1. The van der Waals surface area contributed by atoms with Gasteiger partial charge in [0.15, 0.2) is 0 Å². The zero-order valence-corrected chi connectivity index (χ0v) is 13.1. The predicted molar refractivity (Wildman–Crippen MR) is 77.4 cm³/mol. The first-order valence-electron chi connectivity index (χ1n) is 6.10. The average Bonchev–Trinajstić information content (AvgIpc) is 2.60. The number of benzene rings is 1. The second kappa shape index (κ2) is 5.78. The number of halogens is 1. The Balaban J connectivity index is 2.43. The van der Waals surface area contributed by atoms with E-state index in [0.29, 0.717) is 26.2 Å². The summed E-state index contributed by atoms with van der Waals surface area (Å²) in [5, 5.41) is 0. The molecule has 1 aliphatic rings. The summed E-state index contributed by atoms with van der Waals surface area (Å²) in [6.07, 6.45) is 0. The fourth-order valence-electron chi connectivity index (χ4n) is 2.10. The lowest BCUT2D eigenvalue weighted by Gasteiger charge is -2.18. The molecule has 0 aliphatic carbocycles. The smallest absolute Gasteiger partial charge is 0.214 e. The van der Waals surface area contributed by atoms with Crippen molar-refractivity contribution in [2.24, 2.45) is 5.73 Å². The van der Waals surface area contributed by atoms with E-state index in [-0.39, 0.29) is 5.75 Å². The lowest BCUT2D eigenvalue weighted by Crippen LogP contribution is -2.33. The molecule has 0 bridgehead atoms. The molecule has 0 aromatic heterocycles. The van der Waals surface area contributed by atoms with Crippen molar-refractivity contribution >= 4 is 26.0 Å². The molecule has 0 amide bonds. The van der Waals surface area contributed by atoms with Crippen LogP contribution in [0.25, 0.3) is 0 Å².